The highest BCUT2D eigenvalue weighted by atomic mass is 32.1. The normalized spacial score (nSPS) is 22.9. The van der Waals surface area contributed by atoms with Gasteiger partial charge < -0.3 is 15.8 Å². The molecule has 1 aromatic carbocycles. The van der Waals surface area contributed by atoms with Gasteiger partial charge in [0.15, 0.2) is 0 Å². The monoisotopic (exact) mass is 292 g/mol. The second kappa shape index (κ2) is 6.93. The summed E-state index contributed by atoms with van der Waals surface area (Å²) in [5.74, 6) is 1.50. The molecule has 0 radical (unpaired) electrons. The van der Waals surface area contributed by atoms with Gasteiger partial charge in [-0.25, -0.2) is 0 Å². The zero-order valence-electron chi connectivity index (χ0n) is 12.3. The highest BCUT2D eigenvalue weighted by molar-refractivity contribution is 7.80. The lowest BCUT2D eigenvalue weighted by Crippen LogP contribution is -2.27. The van der Waals surface area contributed by atoms with E-state index < -0.39 is 0 Å². The van der Waals surface area contributed by atoms with E-state index in [0.717, 1.165) is 17.0 Å². The third-order valence-corrected chi connectivity index (χ3v) is 4.41. The van der Waals surface area contributed by atoms with Gasteiger partial charge in [0.05, 0.1) is 7.11 Å². The number of ether oxygens (including phenoxy) is 1. The van der Waals surface area contributed by atoms with Gasteiger partial charge in [0.1, 0.15) is 10.7 Å². The predicted molar refractivity (Wildman–Crippen MR) is 88.5 cm³/mol. The third-order valence-electron chi connectivity index (χ3n) is 4.19. The molecular formula is C16H24N2OS. The summed E-state index contributed by atoms with van der Waals surface area (Å²) in [5.41, 5.74) is 7.72. The van der Waals surface area contributed by atoms with E-state index in [1.165, 1.54) is 32.1 Å². The predicted octanol–water partition coefficient (Wildman–Crippen LogP) is 3.71. The Morgan fingerprint density at radius 3 is 2.75 bits per heavy atom. The van der Waals surface area contributed by atoms with Crippen LogP contribution < -0.4 is 15.8 Å². The van der Waals surface area contributed by atoms with Crippen LogP contribution in [0.1, 0.15) is 44.6 Å². The van der Waals surface area contributed by atoms with Gasteiger partial charge in [0.25, 0.3) is 0 Å². The minimum Gasteiger partial charge on any atom is -0.497 e. The number of benzene rings is 1. The van der Waals surface area contributed by atoms with Crippen molar-refractivity contribution in [2.45, 2.75) is 45.1 Å². The van der Waals surface area contributed by atoms with Crippen LogP contribution in [0.2, 0.25) is 0 Å². The Morgan fingerprint density at radius 1 is 1.30 bits per heavy atom. The molecule has 0 amide bonds. The highest BCUT2D eigenvalue weighted by Crippen LogP contribution is 2.29. The van der Waals surface area contributed by atoms with Gasteiger partial charge in [-0.15, -0.1) is 0 Å². The molecule has 2 rings (SSSR count). The summed E-state index contributed by atoms with van der Waals surface area (Å²) in [4.78, 5) is 0.427. The van der Waals surface area contributed by atoms with Gasteiger partial charge in [0.2, 0.25) is 0 Å². The molecular weight excluding hydrogens is 268 g/mol. The molecule has 1 fully saturated rings. The molecule has 0 heterocycles. The zero-order valence-corrected chi connectivity index (χ0v) is 13.1. The van der Waals surface area contributed by atoms with Crippen molar-refractivity contribution in [1.82, 2.24) is 0 Å². The summed E-state index contributed by atoms with van der Waals surface area (Å²) < 4.78 is 5.31. The SMILES string of the molecule is COc1ccc(C(N)=S)c(NC2CCCCCC2C)c1. The van der Waals surface area contributed by atoms with Gasteiger partial charge >= 0.3 is 0 Å². The fourth-order valence-electron chi connectivity index (χ4n) is 2.89. The van der Waals surface area contributed by atoms with Crippen molar-refractivity contribution < 1.29 is 4.74 Å². The molecule has 1 aromatic rings. The molecule has 3 nitrogen and oxygen atoms in total. The van der Waals surface area contributed by atoms with E-state index in [4.69, 9.17) is 22.7 Å². The van der Waals surface area contributed by atoms with E-state index >= 15 is 0 Å². The second-order valence-corrected chi connectivity index (χ2v) is 6.08. The molecule has 0 saturated heterocycles. The zero-order chi connectivity index (χ0) is 14.5. The molecule has 1 saturated carbocycles. The fourth-order valence-corrected chi connectivity index (χ4v) is 3.07. The van der Waals surface area contributed by atoms with Gasteiger partial charge in [0, 0.05) is 23.4 Å². The summed E-state index contributed by atoms with van der Waals surface area (Å²) in [6.45, 7) is 2.32. The maximum atomic E-state index is 5.83. The van der Waals surface area contributed by atoms with Crippen LogP contribution in [-0.4, -0.2) is 18.1 Å². The molecule has 1 aliphatic rings. The number of rotatable bonds is 4. The number of hydrogen-bond acceptors (Lipinski definition) is 3. The lowest BCUT2D eigenvalue weighted by molar-refractivity contribution is 0.414. The minimum atomic E-state index is 0.427. The molecule has 0 aliphatic heterocycles. The Hall–Kier alpha value is -1.29. The van der Waals surface area contributed by atoms with Crippen molar-refractivity contribution >= 4 is 22.9 Å². The highest BCUT2D eigenvalue weighted by Gasteiger charge is 2.21. The van der Waals surface area contributed by atoms with E-state index in [2.05, 4.69) is 12.2 Å². The lowest BCUT2D eigenvalue weighted by Gasteiger charge is -2.25. The molecule has 0 bridgehead atoms. The Bertz CT molecular complexity index is 476. The van der Waals surface area contributed by atoms with Crippen molar-refractivity contribution in [1.29, 1.82) is 0 Å². The van der Waals surface area contributed by atoms with Crippen LogP contribution in [0.4, 0.5) is 5.69 Å². The van der Waals surface area contributed by atoms with Gasteiger partial charge in [-0.1, -0.05) is 38.4 Å². The van der Waals surface area contributed by atoms with Crippen LogP contribution in [0.3, 0.4) is 0 Å². The smallest absolute Gasteiger partial charge is 0.120 e. The van der Waals surface area contributed by atoms with Crippen molar-refractivity contribution in [2.75, 3.05) is 12.4 Å². The summed E-state index contributed by atoms with van der Waals surface area (Å²) in [5, 5.41) is 3.65. The summed E-state index contributed by atoms with van der Waals surface area (Å²) in [6.07, 6.45) is 6.44. The topological polar surface area (TPSA) is 47.3 Å². The Kier molecular flexibility index (Phi) is 5.24. The minimum absolute atomic E-state index is 0.427. The van der Waals surface area contributed by atoms with Gasteiger partial charge in [-0.3, -0.25) is 0 Å². The first-order valence-corrected chi connectivity index (χ1v) is 7.77. The van der Waals surface area contributed by atoms with E-state index in [1.54, 1.807) is 7.11 Å². The molecule has 2 atom stereocenters. The average Bonchev–Trinajstić information content (AvgIpc) is 2.64. The van der Waals surface area contributed by atoms with Crippen LogP contribution in [0.15, 0.2) is 18.2 Å². The van der Waals surface area contributed by atoms with Crippen molar-refractivity contribution in [2.24, 2.45) is 11.7 Å². The quantitative estimate of drug-likeness (QED) is 0.656. The van der Waals surface area contributed by atoms with E-state index in [1.807, 2.05) is 18.2 Å². The van der Waals surface area contributed by atoms with E-state index in [-0.39, 0.29) is 0 Å². The van der Waals surface area contributed by atoms with Crippen molar-refractivity contribution in [3.63, 3.8) is 0 Å². The Labute approximate surface area is 126 Å². The average molecular weight is 292 g/mol. The first kappa shape index (κ1) is 15.1. The summed E-state index contributed by atoms with van der Waals surface area (Å²) in [7, 11) is 1.67. The molecule has 0 aromatic heterocycles. The van der Waals surface area contributed by atoms with Crippen LogP contribution in [0.25, 0.3) is 0 Å². The second-order valence-electron chi connectivity index (χ2n) is 5.64. The van der Waals surface area contributed by atoms with Crippen molar-refractivity contribution in [3.8, 4) is 5.75 Å². The number of anilines is 1. The maximum Gasteiger partial charge on any atom is 0.120 e. The third kappa shape index (κ3) is 3.63. The first-order chi connectivity index (χ1) is 9.61. The van der Waals surface area contributed by atoms with Crippen molar-refractivity contribution in [3.05, 3.63) is 23.8 Å². The number of hydrogen-bond donors (Lipinski definition) is 2. The van der Waals surface area contributed by atoms with Gasteiger partial charge in [-0.2, -0.15) is 0 Å². The summed E-state index contributed by atoms with van der Waals surface area (Å²) in [6, 6.07) is 6.31. The number of nitrogens with two attached hydrogens (primary N) is 1. The van der Waals surface area contributed by atoms with E-state index in [0.29, 0.717) is 16.9 Å². The molecule has 3 N–H and O–H groups in total. The molecule has 20 heavy (non-hydrogen) atoms. The summed E-state index contributed by atoms with van der Waals surface area (Å²) >= 11 is 5.15. The van der Waals surface area contributed by atoms with Crippen LogP contribution >= 0.6 is 12.2 Å². The maximum absolute atomic E-state index is 5.83. The lowest BCUT2D eigenvalue weighted by atomic mass is 9.96. The largest absolute Gasteiger partial charge is 0.497 e. The molecule has 2 unspecified atom stereocenters. The Morgan fingerprint density at radius 2 is 2.05 bits per heavy atom. The first-order valence-electron chi connectivity index (χ1n) is 7.36. The fraction of sp³-hybridized carbons (Fsp3) is 0.562. The molecule has 0 spiro atoms. The molecule has 1 aliphatic carbocycles. The number of nitrogens with one attached hydrogen (secondary N) is 1. The number of thiocarbonyl (C=S) groups is 1. The van der Waals surface area contributed by atoms with Gasteiger partial charge in [-0.05, 0) is 30.9 Å². The standard InChI is InChI=1S/C16H24N2OS/c1-11-6-4-3-5-7-14(11)18-15-10-12(19-2)8-9-13(15)16(17)20/h8-11,14,18H,3-7H2,1-2H3,(H2,17,20). The number of methoxy groups -OCH3 is 1. The van der Waals surface area contributed by atoms with Crippen LogP contribution in [-0.2, 0) is 0 Å². The Balaban J connectivity index is 2.23. The molecule has 4 heteroatoms. The van der Waals surface area contributed by atoms with Crippen LogP contribution in [0.5, 0.6) is 5.75 Å². The van der Waals surface area contributed by atoms with Crippen LogP contribution in [0, 0.1) is 5.92 Å². The molecule has 110 valence electrons. The van der Waals surface area contributed by atoms with E-state index in [9.17, 15) is 0 Å².